The third kappa shape index (κ3) is 2.93. The van der Waals surface area contributed by atoms with Gasteiger partial charge in [-0.3, -0.25) is 9.48 Å². The second-order valence-corrected chi connectivity index (χ2v) is 4.65. The van der Waals surface area contributed by atoms with Gasteiger partial charge in [0.15, 0.2) is 0 Å². The van der Waals surface area contributed by atoms with E-state index in [4.69, 9.17) is 0 Å². The highest BCUT2D eigenvalue weighted by Gasteiger charge is 2.09. The van der Waals surface area contributed by atoms with Crippen molar-refractivity contribution in [1.29, 1.82) is 0 Å². The molecule has 0 spiro atoms. The van der Waals surface area contributed by atoms with Crippen LogP contribution in [0, 0.1) is 0 Å². The van der Waals surface area contributed by atoms with Gasteiger partial charge in [-0.15, -0.1) is 6.58 Å². The van der Waals surface area contributed by atoms with E-state index < -0.39 is 0 Å². The summed E-state index contributed by atoms with van der Waals surface area (Å²) in [7, 11) is 0. The molecule has 0 amide bonds. The SMILES string of the molecule is C=CCn1ncc(Nc2cnn(CC)c2)c(Br)c1=O. The lowest BCUT2D eigenvalue weighted by atomic mass is 10.4. The standard InChI is InChI=1S/C12H14BrN5O/c1-3-5-18-12(19)11(13)10(7-15-18)16-9-6-14-17(4-2)8-9/h3,6-8,16H,1,4-5H2,2H3. The Bertz CT molecular complexity index is 646. The van der Waals surface area contributed by atoms with E-state index >= 15 is 0 Å². The van der Waals surface area contributed by atoms with Crippen LogP contribution in [-0.2, 0) is 13.1 Å². The molecule has 19 heavy (non-hydrogen) atoms. The molecule has 7 heteroatoms. The average Bonchev–Trinajstić information content (AvgIpc) is 2.86. The highest BCUT2D eigenvalue weighted by atomic mass is 79.9. The van der Waals surface area contributed by atoms with E-state index in [9.17, 15) is 4.79 Å². The number of rotatable bonds is 5. The topological polar surface area (TPSA) is 64.7 Å². The second-order valence-electron chi connectivity index (χ2n) is 3.86. The lowest BCUT2D eigenvalue weighted by Gasteiger charge is -2.07. The Morgan fingerprint density at radius 2 is 2.26 bits per heavy atom. The zero-order valence-corrected chi connectivity index (χ0v) is 12.1. The van der Waals surface area contributed by atoms with Gasteiger partial charge in [-0.1, -0.05) is 6.08 Å². The minimum absolute atomic E-state index is 0.201. The zero-order valence-electron chi connectivity index (χ0n) is 10.5. The van der Waals surface area contributed by atoms with E-state index in [1.807, 2.05) is 13.1 Å². The molecule has 0 aliphatic heterocycles. The molecule has 2 aromatic rings. The zero-order chi connectivity index (χ0) is 13.8. The fourth-order valence-corrected chi connectivity index (χ4v) is 1.97. The van der Waals surface area contributed by atoms with Crippen LogP contribution in [-0.4, -0.2) is 19.6 Å². The first-order chi connectivity index (χ1) is 9.15. The van der Waals surface area contributed by atoms with Crippen LogP contribution in [0.1, 0.15) is 6.92 Å². The van der Waals surface area contributed by atoms with E-state index in [0.717, 1.165) is 12.2 Å². The number of hydrogen-bond donors (Lipinski definition) is 1. The maximum absolute atomic E-state index is 12.0. The van der Waals surface area contributed by atoms with Gasteiger partial charge >= 0.3 is 0 Å². The van der Waals surface area contributed by atoms with E-state index in [1.165, 1.54) is 4.68 Å². The maximum atomic E-state index is 12.0. The molecule has 0 fully saturated rings. The highest BCUT2D eigenvalue weighted by Crippen LogP contribution is 2.21. The Hall–Kier alpha value is -1.89. The van der Waals surface area contributed by atoms with Gasteiger partial charge < -0.3 is 5.32 Å². The van der Waals surface area contributed by atoms with Crippen molar-refractivity contribution < 1.29 is 0 Å². The number of halogens is 1. The lowest BCUT2D eigenvalue weighted by molar-refractivity contribution is 0.649. The molecular weight excluding hydrogens is 310 g/mol. The molecule has 0 atom stereocenters. The molecule has 0 saturated carbocycles. The number of nitrogens with one attached hydrogen (secondary N) is 1. The largest absolute Gasteiger partial charge is 0.351 e. The van der Waals surface area contributed by atoms with Crippen LogP contribution in [0.25, 0.3) is 0 Å². The fourth-order valence-electron chi connectivity index (χ4n) is 1.56. The van der Waals surface area contributed by atoms with Crippen LogP contribution >= 0.6 is 15.9 Å². The summed E-state index contributed by atoms with van der Waals surface area (Å²) in [5.74, 6) is 0. The molecule has 0 unspecified atom stereocenters. The number of nitrogens with zero attached hydrogens (tertiary/aromatic N) is 4. The lowest BCUT2D eigenvalue weighted by Crippen LogP contribution is -2.23. The summed E-state index contributed by atoms with van der Waals surface area (Å²) in [4.78, 5) is 12.0. The van der Waals surface area contributed by atoms with Crippen molar-refractivity contribution in [2.24, 2.45) is 0 Å². The number of hydrogen-bond acceptors (Lipinski definition) is 4. The summed E-state index contributed by atoms with van der Waals surface area (Å²) in [5.41, 5.74) is 1.22. The molecule has 0 aliphatic rings. The van der Waals surface area contributed by atoms with Gasteiger partial charge in [-0.05, 0) is 22.9 Å². The number of aromatic nitrogens is 4. The molecule has 0 saturated heterocycles. The number of aryl methyl sites for hydroxylation is 1. The predicted octanol–water partition coefficient (Wildman–Crippen LogP) is 2.15. The van der Waals surface area contributed by atoms with Crippen molar-refractivity contribution in [1.82, 2.24) is 19.6 Å². The average molecular weight is 324 g/mol. The third-order valence-corrected chi connectivity index (χ3v) is 3.29. The first kappa shape index (κ1) is 13.5. The molecule has 6 nitrogen and oxygen atoms in total. The van der Waals surface area contributed by atoms with Crippen LogP contribution in [0.4, 0.5) is 11.4 Å². The van der Waals surface area contributed by atoms with E-state index in [2.05, 4.69) is 38.0 Å². The maximum Gasteiger partial charge on any atom is 0.283 e. The van der Waals surface area contributed by atoms with Crippen molar-refractivity contribution in [3.8, 4) is 0 Å². The molecule has 1 N–H and O–H groups in total. The molecule has 2 aromatic heterocycles. The molecule has 0 aliphatic carbocycles. The molecule has 0 bridgehead atoms. The predicted molar refractivity (Wildman–Crippen MR) is 77.6 cm³/mol. The summed E-state index contributed by atoms with van der Waals surface area (Å²) >= 11 is 3.29. The van der Waals surface area contributed by atoms with Crippen molar-refractivity contribution in [2.75, 3.05) is 5.32 Å². The van der Waals surface area contributed by atoms with Crippen LogP contribution in [0.3, 0.4) is 0 Å². The molecular formula is C12H14BrN5O. The molecule has 0 aromatic carbocycles. The molecule has 2 heterocycles. The molecule has 0 radical (unpaired) electrons. The summed E-state index contributed by atoms with van der Waals surface area (Å²) in [6.07, 6.45) is 6.78. The van der Waals surface area contributed by atoms with Gasteiger partial charge in [0.25, 0.3) is 5.56 Å². The number of allylic oxidation sites excluding steroid dienone is 1. The fraction of sp³-hybridized carbons (Fsp3) is 0.250. The number of anilines is 2. The highest BCUT2D eigenvalue weighted by molar-refractivity contribution is 9.10. The normalized spacial score (nSPS) is 10.4. The van der Waals surface area contributed by atoms with Crippen LogP contribution < -0.4 is 10.9 Å². The van der Waals surface area contributed by atoms with Gasteiger partial charge in [0.2, 0.25) is 0 Å². The summed E-state index contributed by atoms with van der Waals surface area (Å²) in [6, 6.07) is 0. The summed E-state index contributed by atoms with van der Waals surface area (Å²) in [6.45, 7) is 6.77. The van der Waals surface area contributed by atoms with Gasteiger partial charge in [0.05, 0.1) is 30.3 Å². The quantitative estimate of drug-likeness (QED) is 0.856. The van der Waals surface area contributed by atoms with Crippen molar-refractivity contribution in [2.45, 2.75) is 20.0 Å². The first-order valence-corrected chi connectivity index (χ1v) is 6.61. The van der Waals surface area contributed by atoms with Crippen molar-refractivity contribution in [3.05, 3.63) is 46.1 Å². The minimum atomic E-state index is -0.201. The van der Waals surface area contributed by atoms with E-state index in [-0.39, 0.29) is 5.56 Å². The van der Waals surface area contributed by atoms with Gasteiger partial charge in [-0.2, -0.15) is 10.2 Å². The minimum Gasteiger partial charge on any atom is -0.351 e. The van der Waals surface area contributed by atoms with Gasteiger partial charge in [0.1, 0.15) is 4.47 Å². The molecule has 2 rings (SSSR count). The Morgan fingerprint density at radius 3 is 2.89 bits per heavy atom. The van der Waals surface area contributed by atoms with Crippen molar-refractivity contribution >= 4 is 27.3 Å². The Kier molecular flexibility index (Phi) is 4.16. The van der Waals surface area contributed by atoms with Crippen LogP contribution in [0.15, 0.2) is 40.5 Å². The van der Waals surface area contributed by atoms with Gasteiger partial charge in [-0.25, -0.2) is 4.68 Å². The van der Waals surface area contributed by atoms with Crippen molar-refractivity contribution in [3.63, 3.8) is 0 Å². The third-order valence-electron chi connectivity index (χ3n) is 2.52. The van der Waals surface area contributed by atoms with Crippen LogP contribution in [0.2, 0.25) is 0 Å². The van der Waals surface area contributed by atoms with Crippen LogP contribution in [0.5, 0.6) is 0 Å². The second kappa shape index (κ2) is 5.83. The summed E-state index contributed by atoms with van der Waals surface area (Å²) in [5, 5.41) is 11.3. The van der Waals surface area contributed by atoms with Gasteiger partial charge in [0, 0.05) is 12.7 Å². The Balaban J connectivity index is 2.28. The Labute approximate surface area is 118 Å². The Morgan fingerprint density at radius 1 is 1.47 bits per heavy atom. The van der Waals surface area contributed by atoms with E-state index in [1.54, 1.807) is 23.2 Å². The molecule has 100 valence electrons. The summed E-state index contributed by atoms with van der Waals surface area (Å²) < 4.78 is 3.56. The van der Waals surface area contributed by atoms with E-state index in [0.29, 0.717) is 16.7 Å². The monoisotopic (exact) mass is 323 g/mol. The smallest absolute Gasteiger partial charge is 0.283 e. The first-order valence-electron chi connectivity index (χ1n) is 5.81.